The molecule has 0 amide bonds. The Morgan fingerprint density at radius 3 is 1.45 bits per heavy atom. The summed E-state index contributed by atoms with van der Waals surface area (Å²) in [7, 11) is 0. The van der Waals surface area contributed by atoms with E-state index in [1.165, 1.54) is 68.9 Å². The lowest BCUT2D eigenvalue weighted by atomic mass is 9.64. The minimum atomic E-state index is -0.179. The Bertz CT molecular complexity index is 640. The summed E-state index contributed by atoms with van der Waals surface area (Å²) in [5, 5.41) is 0. The van der Waals surface area contributed by atoms with Crippen LogP contribution in [0.25, 0.3) is 0 Å². The molecule has 33 heavy (non-hydrogen) atoms. The largest absolute Gasteiger partial charge is 0.251 e. The molecule has 0 heterocycles. The van der Waals surface area contributed by atoms with Gasteiger partial charge in [0.1, 0.15) is 0 Å². The van der Waals surface area contributed by atoms with E-state index in [-0.39, 0.29) is 6.67 Å². The third kappa shape index (κ3) is 7.57. The summed E-state index contributed by atoms with van der Waals surface area (Å²) in [6, 6.07) is 9.19. The molecule has 3 saturated carbocycles. The van der Waals surface area contributed by atoms with E-state index in [2.05, 4.69) is 31.2 Å². The van der Waals surface area contributed by atoms with Crippen molar-refractivity contribution < 1.29 is 4.39 Å². The van der Waals surface area contributed by atoms with Crippen LogP contribution in [0.3, 0.4) is 0 Å². The number of benzene rings is 1. The van der Waals surface area contributed by atoms with Crippen LogP contribution < -0.4 is 0 Å². The highest BCUT2D eigenvalue weighted by atomic mass is 19.1. The van der Waals surface area contributed by atoms with Crippen LogP contribution in [0.15, 0.2) is 24.3 Å². The van der Waals surface area contributed by atoms with Gasteiger partial charge < -0.3 is 0 Å². The van der Waals surface area contributed by atoms with E-state index in [0.29, 0.717) is 6.42 Å². The average Bonchev–Trinajstić information content (AvgIpc) is 2.89. The number of alkyl halides is 1. The van der Waals surface area contributed by atoms with Crippen LogP contribution in [0.5, 0.6) is 0 Å². The fourth-order valence-electron chi connectivity index (χ4n) is 7.77. The van der Waals surface area contributed by atoms with Crippen LogP contribution in [-0.4, -0.2) is 6.67 Å². The molecule has 4 rings (SSSR count). The SMILES string of the molecule is CC[C@H]1CC[C@H](C2CCC(C3CCC(CCc4ccc(CCCCF)cc4)CC3)CC2)CC1. The summed E-state index contributed by atoms with van der Waals surface area (Å²) in [6.45, 7) is 2.21. The van der Waals surface area contributed by atoms with Crippen molar-refractivity contribution in [2.75, 3.05) is 6.67 Å². The number of rotatable bonds is 10. The highest BCUT2D eigenvalue weighted by molar-refractivity contribution is 5.22. The Balaban J connectivity index is 1.11. The summed E-state index contributed by atoms with van der Waals surface area (Å²) < 4.78 is 12.3. The second-order valence-electron chi connectivity index (χ2n) is 12.1. The first-order chi connectivity index (χ1) is 16.2. The number of hydrogen-bond acceptors (Lipinski definition) is 0. The molecule has 0 N–H and O–H groups in total. The Morgan fingerprint density at radius 2 is 1.00 bits per heavy atom. The zero-order valence-corrected chi connectivity index (χ0v) is 21.6. The lowest BCUT2D eigenvalue weighted by molar-refractivity contribution is 0.103. The van der Waals surface area contributed by atoms with Gasteiger partial charge in [0, 0.05) is 0 Å². The third-order valence-corrected chi connectivity index (χ3v) is 10.2. The average molecular weight is 455 g/mol. The molecule has 0 radical (unpaired) electrons. The zero-order valence-electron chi connectivity index (χ0n) is 21.6. The van der Waals surface area contributed by atoms with Gasteiger partial charge in [-0.15, -0.1) is 0 Å². The lowest BCUT2D eigenvalue weighted by Crippen LogP contribution is -2.29. The molecule has 0 aliphatic heterocycles. The van der Waals surface area contributed by atoms with Crippen LogP contribution in [0.2, 0.25) is 0 Å². The van der Waals surface area contributed by atoms with Crippen molar-refractivity contribution in [1.29, 1.82) is 0 Å². The highest BCUT2D eigenvalue weighted by Crippen LogP contribution is 2.46. The molecule has 186 valence electrons. The molecule has 0 unspecified atom stereocenters. The molecule has 0 nitrogen and oxygen atoms in total. The minimum absolute atomic E-state index is 0.179. The van der Waals surface area contributed by atoms with Gasteiger partial charge in [0.25, 0.3) is 0 Å². The Hall–Kier alpha value is -0.850. The van der Waals surface area contributed by atoms with E-state index >= 15 is 0 Å². The van der Waals surface area contributed by atoms with Crippen molar-refractivity contribution in [2.24, 2.45) is 35.5 Å². The second kappa shape index (κ2) is 13.3. The van der Waals surface area contributed by atoms with Gasteiger partial charge >= 0.3 is 0 Å². The molecule has 0 saturated heterocycles. The van der Waals surface area contributed by atoms with Crippen molar-refractivity contribution >= 4 is 0 Å². The number of aryl methyl sites for hydroxylation is 2. The summed E-state index contributed by atoms with van der Waals surface area (Å²) in [6.07, 6.45) is 25.0. The number of halogens is 1. The molecule has 1 heteroatoms. The first kappa shape index (κ1) is 25.2. The van der Waals surface area contributed by atoms with Crippen molar-refractivity contribution in [3.05, 3.63) is 35.4 Å². The van der Waals surface area contributed by atoms with Gasteiger partial charge in [-0.25, -0.2) is 0 Å². The summed E-state index contributed by atoms with van der Waals surface area (Å²) >= 11 is 0. The molecule has 0 atom stereocenters. The lowest BCUT2D eigenvalue weighted by Gasteiger charge is -2.41. The summed E-state index contributed by atoms with van der Waals surface area (Å²) in [5.74, 6) is 6.25. The fourth-order valence-corrected chi connectivity index (χ4v) is 7.77. The van der Waals surface area contributed by atoms with Gasteiger partial charge in [0.05, 0.1) is 6.67 Å². The maximum absolute atomic E-state index is 12.3. The predicted molar refractivity (Wildman–Crippen MR) is 140 cm³/mol. The molecule has 0 bridgehead atoms. The molecular formula is C32H51F. The topological polar surface area (TPSA) is 0 Å². The third-order valence-electron chi connectivity index (χ3n) is 10.2. The molecule has 1 aromatic rings. The predicted octanol–water partition coefficient (Wildman–Crippen LogP) is 9.74. The van der Waals surface area contributed by atoms with Crippen molar-refractivity contribution in [3.8, 4) is 0 Å². The van der Waals surface area contributed by atoms with Crippen LogP contribution in [0.1, 0.15) is 121 Å². The quantitative estimate of drug-likeness (QED) is 0.309. The Morgan fingerprint density at radius 1 is 0.576 bits per heavy atom. The van der Waals surface area contributed by atoms with E-state index in [4.69, 9.17) is 0 Å². The summed E-state index contributed by atoms with van der Waals surface area (Å²) in [5.41, 5.74) is 2.87. The Labute approximate surface area is 204 Å². The Kier molecular flexibility index (Phi) is 10.2. The van der Waals surface area contributed by atoms with Gasteiger partial charge in [-0.3, -0.25) is 4.39 Å². The molecule has 1 aromatic carbocycles. The van der Waals surface area contributed by atoms with Crippen molar-refractivity contribution in [3.63, 3.8) is 0 Å². The van der Waals surface area contributed by atoms with Crippen LogP contribution in [-0.2, 0) is 12.8 Å². The van der Waals surface area contributed by atoms with Gasteiger partial charge in [0.15, 0.2) is 0 Å². The number of unbranched alkanes of at least 4 members (excludes halogenated alkanes) is 1. The molecule has 3 fully saturated rings. The fraction of sp³-hybridized carbons (Fsp3) is 0.812. The maximum atomic E-state index is 12.3. The first-order valence-corrected chi connectivity index (χ1v) is 14.9. The van der Waals surface area contributed by atoms with Crippen molar-refractivity contribution in [1.82, 2.24) is 0 Å². The van der Waals surface area contributed by atoms with Crippen LogP contribution in [0, 0.1) is 35.5 Å². The van der Waals surface area contributed by atoms with E-state index in [0.717, 1.165) is 48.3 Å². The molecule has 3 aliphatic carbocycles. The van der Waals surface area contributed by atoms with E-state index in [1.54, 1.807) is 38.5 Å². The molecule has 0 aromatic heterocycles. The van der Waals surface area contributed by atoms with Crippen LogP contribution >= 0.6 is 0 Å². The summed E-state index contributed by atoms with van der Waals surface area (Å²) in [4.78, 5) is 0. The smallest absolute Gasteiger partial charge is 0.0894 e. The second-order valence-corrected chi connectivity index (χ2v) is 12.1. The zero-order chi connectivity index (χ0) is 22.9. The van der Waals surface area contributed by atoms with Gasteiger partial charge in [-0.05, 0) is 130 Å². The minimum Gasteiger partial charge on any atom is -0.251 e. The standard InChI is InChI=1S/C32H51F/c1-2-25-12-16-29(17-13-25)31-20-22-32(23-21-31)30-18-14-28(15-19-30)11-10-27-8-6-26(7-9-27)5-3-4-24-33/h6-9,25,28-32H,2-5,10-24H2,1H3/t25-,28?,29-,30?,31?,32?. The van der Waals surface area contributed by atoms with Gasteiger partial charge in [0.2, 0.25) is 0 Å². The molecular weight excluding hydrogens is 403 g/mol. The van der Waals surface area contributed by atoms with E-state index in [9.17, 15) is 4.39 Å². The normalized spacial score (nSPS) is 33.2. The maximum Gasteiger partial charge on any atom is 0.0894 e. The number of hydrogen-bond donors (Lipinski definition) is 0. The van der Waals surface area contributed by atoms with Crippen molar-refractivity contribution in [2.45, 2.75) is 122 Å². The monoisotopic (exact) mass is 454 g/mol. The van der Waals surface area contributed by atoms with Gasteiger partial charge in [-0.1, -0.05) is 63.3 Å². The van der Waals surface area contributed by atoms with E-state index < -0.39 is 0 Å². The van der Waals surface area contributed by atoms with E-state index in [1.807, 2.05) is 0 Å². The van der Waals surface area contributed by atoms with Gasteiger partial charge in [-0.2, -0.15) is 0 Å². The molecule has 3 aliphatic rings. The van der Waals surface area contributed by atoms with Crippen LogP contribution in [0.4, 0.5) is 4.39 Å². The first-order valence-electron chi connectivity index (χ1n) is 14.9. The molecule has 0 spiro atoms. The highest BCUT2D eigenvalue weighted by Gasteiger charge is 2.34.